The number of benzene rings is 1. The molecule has 0 atom stereocenters. The van der Waals surface area contributed by atoms with Crippen molar-refractivity contribution in [3.8, 4) is 11.5 Å². The van der Waals surface area contributed by atoms with Gasteiger partial charge in [-0.05, 0) is 6.07 Å². The monoisotopic (exact) mass is 339 g/mol. The van der Waals surface area contributed by atoms with Crippen molar-refractivity contribution in [3.63, 3.8) is 0 Å². The maximum Gasteiger partial charge on any atom is 0.362 e. The molecule has 0 saturated heterocycles. The largest absolute Gasteiger partial charge is 0.493 e. The van der Waals surface area contributed by atoms with Crippen LogP contribution in [0.25, 0.3) is 0 Å². The van der Waals surface area contributed by atoms with Crippen molar-refractivity contribution in [1.29, 1.82) is 0 Å². The number of nitro groups is 1. The van der Waals surface area contributed by atoms with E-state index in [1.165, 1.54) is 19.2 Å². The topological polar surface area (TPSA) is 163 Å². The molecule has 120 valence electrons. The Morgan fingerprint density at radius 1 is 1.48 bits per heavy atom. The van der Waals surface area contributed by atoms with E-state index in [1.807, 2.05) is 0 Å². The molecule has 12 heteroatoms. The predicted molar refractivity (Wildman–Crippen MR) is 78.8 cm³/mol. The van der Waals surface area contributed by atoms with Crippen LogP contribution in [0.3, 0.4) is 0 Å². The number of carbonyl (C=O) groups is 1. The molecule has 2 rings (SSSR count). The zero-order valence-corrected chi connectivity index (χ0v) is 12.3. The summed E-state index contributed by atoms with van der Waals surface area (Å²) in [4.78, 5) is 30.0. The second kappa shape index (κ2) is 6.65. The van der Waals surface area contributed by atoms with Gasteiger partial charge in [0.05, 0.1) is 18.1 Å². The van der Waals surface area contributed by atoms with Crippen LogP contribution in [0, 0.1) is 10.1 Å². The third kappa shape index (κ3) is 3.68. The number of hydrogen-bond acceptors (Lipinski definition) is 10. The molecule has 0 aliphatic carbocycles. The van der Waals surface area contributed by atoms with Crippen molar-refractivity contribution in [1.82, 2.24) is 9.36 Å². The Kier molecular flexibility index (Phi) is 4.66. The Balaban J connectivity index is 2.37. The standard InChI is InChI=1S/C11H9N5O6S/c1-21-6-3-2-5(16(19)20)4-7(6)22-14-8(10(17)18)9-13-11(12)23-15-9/h2-4H,1H3,(H,17,18)(H2,12,13,15). The smallest absolute Gasteiger partial charge is 0.362 e. The molecule has 1 aromatic heterocycles. The Morgan fingerprint density at radius 3 is 2.74 bits per heavy atom. The molecule has 3 N–H and O–H groups in total. The molecule has 0 amide bonds. The SMILES string of the molecule is COc1ccc([N+](=O)[O-])cc1ON=C(C(=O)O)c1nsc(N)n1. The minimum Gasteiger partial charge on any atom is -0.493 e. The zero-order valence-electron chi connectivity index (χ0n) is 11.5. The fourth-order valence-corrected chi connectivity index (χ4v) is 1.89. The van der Waals surface area contributed by atoms with Crippen LogP contribution >= 0.6 is 11.5 Å². The minimum atomic E-state index is -1.45. The number of carboxylic acid groups (broad SMARTS) is 1. The van der Waals surface area contributed by atoms with E-state index in [0.29, 0.717) is 0 Å². The number of hydrogen-bond donors (Lipinski definition) is 2. The zero-order chi connectivity index (χ0) is 17.0. The van der Waals surface area contributed by atoms with Gasteiger partial charge in [0, 0.05) is 17.6 Å². The van der Waals surface area contributed by atoms with Crippen LogP contribution in [0.1, 0.15) is 5.82 Å². The third-order valence-electron chi connectivity index (χ3n) is 2.45. The number of nitrogens with two attached hydrogens (primary N) is 1. The van der Waals surface area contributed by atoms with Crippen LogP contribution < -0.4 is 15.3 Å². The number of oxime groups is 1. The van der Waals surface area contributed by atoms with Crippen molar-refractivity contribution < 1.29 is 24.4 Å². The molecular weight excluding hydrogens is 330 g/mol. The number of ether oxygens (including phenoxy) is 1. The summed E-state index contributed by atoms with van der Waals surface area (Å²) in [6, 6.07) is 3.54. The van der Waals surface area contributed by atoms with Gasteiger partial charge in [-0.15, -0.1) is 0 Å². The van der Waals surface area contributed by atoms with Gasteiger partial charge in [-0.3, -0.25) is 10.1 Å². The van der Waals surface area contributed by atoms with E-state index in [0.717, 1.165) is 17.6 Å². The number of nitrogens with zero attached hydrogens (tertiary/aromatic N) is 4. The second-order valence-corrected chi connectivity index (χ2v) is 4.67. The molecule has 11 nitrogen and oxygen atoms in total. The number of methoxy groups -OCH3 is 1. The van der Waals surface area contributed by atoms with Crippen molar-refractivity contribution in [2.75, 3.05) is 12.8 Å². The normalized spacial score (nSPS) is 11.1. The molecule has 23 heavy (non-hydrogen) atoms. The van der Waals surface area contributed by atoms with Gasteiger partial charge in [0.15, 0.2) is 10.9 Å². The van der Waals surface area contributed by atoms with E-state index < -0.39 is 16.6 Å². The lowest BCUT2D eigenvalue weighted by atomic mass is 10.3. The fourth-order valence-electron chi connectivity index (χ4n) is 1.45. The van der Waals surface area contributed by atoms with Crippen molar-refractivity contribution >= 4 is 34.0 Å². The summed E-state index contributed by atoms with van der Waals surface area (Å²) in [6.07, 6.45) is 0. The number of nitrogen functional groups attached to an aromatic ring is 1. The molecule has 0 aliphatic rings. The number of carboxylic acids is 1. The average molecular weight is 339 g/mol. The van der Waals surface area contributed by atoms with Gasteiger partial charge in [0.25, 0.3) is 5.69 Å². The second-order valence-electron chi connectivity index (χ2n) is 3.88. The number of non-ortho nitro benzene ring substituents is 1. The maximum atomic E-state index is 11.2. The van der Waals surface area contributed by atoms with Crippen LogP contribution in [0.5, 0.6) is 11.5 Å². The van der Waals surface area contributed by atoms with Gasteiger partial charge in [0.2, 0.25) is 17.3 Å². The van der Waals surface area contributed by atoms with Gasteiger partial charge < -0.3 is 20.4 Å². The average Bonchev–Trinajstić information content (AvgIpc) is 2.93. The van der Waals surface area contributed by atoms with Gasteiger partial charge in [-0.1, -0.05) is 5.16 Å². The molecule has 0 fully saturated rings. The summed E-state index contributed by atoms with van der Waals surface area (Å²) in [5.74, 6) is -1.69. The number of nitro benzene ring substituents is 1. The lowest BCUT2D eigenvalue weighted by Crippen LogP contribution is -2.17. The number of aliphatic carboxylic acids is 1. The van der Waals surface area contributed by atoms with Gasteiger partial charge in [-0.2, -0.15) is 9.36 Å². The molecule has 1 heterocycles. The summed E-state index contributed by atoms with van der Waals surface area (Å²) < 4.78 is 8.68. The van der Waals surface area contributed by atoms with Gasteiger partial charge in [-0.25, -0.2) is 4.79 Å². The molecule has 0 unspecified atom stereocenters. The first-order chi connectivity index (χ1) is 10.9. The quantitative estimate of drug-likeness (QED) is 0.442. The first-order valence-corrected chi connectivity index (χ1v) is 6.60. The Hall–Kier alpha value is -3.28. The summed E-state index contributed by atoms with van der Waals surface area (Å²) in [7, 11) is 1.32. The molecule has 0 bridgehead atoms. The first-order valence-electron chi connectivity index (χ1n) is 5.82. The first kappa shape index (κ1) is 16.1. The van der Waals surface area contributed by atoms with Gasteiger partial charge >= 0.3 is 5.97 Å². The maximum absolute atomic E-state index is 11.2. The van der Waals surface area contributed by atoms with Crippen LogP contribution in [0.15, 0.2) is 23.4 Å². The molecule has 2 aromatic rings. The van der Waals surface area contributed by atoms with Gasteiger partial charge in [0.1, 0.15) is 0 Å². The van der Waals surface area contributed by atoms with Crippen molar-refractivity contribution in [3.05, 3.63) is 34.1 Å². The molecule has 0 spiro atoms. The number of aromatic nitrogens is 2. The highest BCUT2D eigenvalue weighted by molar-refractivity contribution is 7.09. The lowest BCUT2D eigenvalue weighted by Gasteiger charge is -2.06. The number of anilines is 1. The minimum absolute atomic E-state index is 0.0573. The van der Waals surface area contributed by atoms with E-state index in [-0.39, 0.29) is 28.1 Å². The molecule has 0 saturated carbocycles. The van der Waals surface area contributed by atoms with E-state index >= 15 is 0 Å². The highest BCUT2D eigenvalue weighted by Gasteiger charge is 2.20. The Morgan fingerprint density at radius 2 is 2.22 bits per heavy atom. The molecule has 0 aliphatic heterocycles. The highest BCUT2D eigenvalue weighted by atomic mass is 32.1. The van der Waals surface area contributed by atoms with E-state index in [2.05, 4.69) is 14.5 Å². The Bertz CT molecular complexity index is 789. The molecular formula is C11H9N5O6S. The lowest BCUT2D eigenvalue weighted by molar-refractivity contribution is -0.385. The van der Waals surface area contributed by atoms with E-state index in [9.17, 15) is 14.9 Å². The van der Waals surface area contributed by atoms with E-state index in [4.69, 9.17) is 20.4 Å². The summed E-state index contributed by atoms with van der Waals surface area (Å²) in [5, 5.41) is 23.4. The fraction of sp³-hybridized carbons (Fsp3) is 0.0909. The van der Waals surface area contributed by atoms with Crippen LogP contribution in [-0.2, 0) is 4.79 Å². The third-order valence-corrected chi connectivity index (χ3v) is 2.99. The molecule has 0 radical (unpaired) electrons. The van der Waals surface area contributed by atoms with Crippen LogP contribution in [0.2, 0.25) is 0 Å². The highest BCUT2D eigenvalue weighted by Crippen LogP contribution is 2.31. The van der Waals surface area contributed by atoms with Crippen LogP contribution in [0.4, 0.5) is 10.8 Å². The predicted octanol–water partition coefficient (Wildman–Crippen LogP) is 0.905. The van der Waals surface area contributed by atoms with Crippen LogP contribution in [-0.4, -0.2) is 38.2 Å². The van der Waals surface area contributed by atoms with Crippen molar-refractivity contribution in [2.45, 2.75) is 0 Å². The van der Waals surface area contributed by atoms with E-state index in [1.54, 1.807) is 0 Å². The summed E-state index contributed by atoms with van der Waals surface area (Å²) in [5.41, 5.74) is 4.50. The summed E-state index contributed by atoms with van der Waals surface area (Å²) in [6.45, 7) is 0. The van der Waals surface area contributed by atoms with Crippen molar-refractivity contribution in [2.24, 2.45) is 5.16 Å². The summed E-state index contributed by atoms with van der Waals surface area (Å²) >= 11 is 0.789. The number of rotatable bonds is 6. The Labute approximate surface area is 132 Å². The molecule has 1 aromatic carbocycles.